The lowest BCUT2D eigenvalue weighted by molar-refractivity contribution is -0.123. The number of hydrogen-bond donors (Lipinski definition) is 3. The van der Waals surface area contributed by atoms with Crippen LogP contribution in [0.4, 0.5) is 0 Å². The second-order valence-electron chi connectivity index (χ2n) is 21.8. The fourth-order valence-electron chi connectivity index (χ4n) is 10.2. The van der Waals surface area contributed by atoms with Crippen molar-refractivity contribution in [3.8, 4) is 0 Å². The first-order chi connectivity index (χ1) is 33.2. The molecule has 0 rings (SSSR count). The maximum Gasteiger partial charge on any atom is 0.220 e. The number of rotatable bonds is 59. The van der Waals surface area contributed by atoms with Crippen molar-refractivity contribution in [1.82, 2.24) is 5.32 Å². The number of hydrogen-bond acceptors (Lipinski definition) is 3. The van der Waals surface area contributed by atoms with E-state index in [4.69, 9.17) is 0 Å². The van der Waals surface area contributed by atoms with E-state index in [1.165, 1.54) is 321 Å². The Kier molecular flexibility index (Phi) is 58.7. The predicted octanol–water partition coefficient (Wildman–Crippen LogP) is 20.9. The Hall–Kier alpha value is -0.870. The van der Waals surface area contributed by atoms with Crippen molar-refractivity contribution < 1.29 is 15.0 Å². The largest absolute Gasteiger partial charge is 0.394 e. The molecule has 2 atom stereocenters. The fourth-order valence-corrected chi connectivity index (χ4v) is 10.2. The van der Waals surface area contributed by atoms with Crippen LogP contribution in [0.5, 0.6) is 0 Å². The predicted molar refractivity (Wildman–Crippen MR) is 299 cm³/mol. The summed E-state index contributed by atoms with van der Waals surface area (Å²) < 4.78 is 0. The van der Waals surface area contributed by atoms with Gasteiger partial charge in [-0.05, 0) is 19.3 Å². The highest BCUT2D eigenvalue weighted by Gasteiger charge is 2.18. The number of amides is 1. The number of carbonyl (C=O) groups excluding carboxylic acids is 1. The summed E-state index contributed by atoms with van der Waals surface area (Å²) in [6, 6.07) is -0.619. The smallest absolute Gasteiger partial charge is 0.220 e. The van der Waals surface area contributed by atoms with Crippen molar-refractivity contribution in [3.63, 3.8) is 0 Å². The molecule has 0 aliphatic carbocycles. The Morgan fingerprint density at radius 2 is 0.552 bits per heavy atom. The van der Waals surface area contributed by atoms with E-state index in [0.29, 0.717) is 6.42 Å². The summed E-state index contributed by atoms with van der Waals surface area (Å²) in [4.78, 5) is 12.5. The van der Waals surface area contributed by atoms with Gasteiger partial charge in [0.2, 0.25) is 5.91 Å². The van der Waals surface area contributed by atoms with Gasteiger partial charge in [0.25, 0.3) is 0 Å². The molecule has 0 spiro atoms. The lowest BCUT2D eigenvalue weighted by atomic mass is 10.0. The van der Waals surface area contributed by atoms with E-state index in [9.17, 15) is 15.0 Å². The Morgan fingerprint density at radius 1 is 0.343 bits per heavy atom. The molecule has 0 aromatic heterocycles. The zero-order chi connectivity index (χ0) is 48.5. The molecule has 400 valence electrons. The van der Waals surface area contributed by atoms with Gasteiger partial charge >= 0.3 is 0 Å². The number of aliphatic hydroxyl groups excluding tert-OH is 2. The number of aliphatic hydroxyl groups is 2. The average molecular weight is 945 g/mol. The molecule has 0 heterocycles. The van der Waals surface area contributed by atoms with Crippen LogP contribution < -0.4 is 5.32 Å². The van der Waals surface area contributed by atoms with Crippen LogP contribution in [0.25, 0.3) is 0 Å². The minimum atomic E-state index is -0.836. The third-order valence-corrected chi connectivity index (χ3v) is 15.0. The van der Waals surface area contributed by atoms with Gasteiger partial charge in [0.05, 0.1) is 18.8 Å². The van der Waals surface area contributed by atoms with Crippen molar-refractivity contribution in [2.75, 3.05) is 6.61 Å². The number of allylic oxidation sites excluding steroid dienone is 1. The van der Waals surface area contributed by atoms with Gasteiger partial charge in [-0.1, -0.05) is 353 Å². The molecule has 4 heteroatoms. The van der Waals surface area contributed by atoms with Crippen molar-refractivity contribution in [2.24, 2.45) is 0 Å². The molecule has 0 bridgehead atoms. The van der Waals surface area contributed by atoms with Gasteiger partial charge in [0.15, 0.2) is 0 Å². The Labute approximate surface area is 422 Å². The Morgan fingerprint density at radius 3 is 0.776 bits per heavy atom. The highest BCUT2D eigenvalue weighted by molar-refractivity contribution is 5.76. The summed E-state index contributed by atoms with van der Waals surface area (Å²) in [6.45, 7) is 4.36. The first-order valence-corrected chi connectivity index (χ1v) is 31.4. The van der Waals surface area contributed by atoms with Crippen LogP contribution in [-0.2, 0) is 4.79 Å². The third-order valence-electron chi connectivity index (χ3n) is 15.0. The van der Waals surface area contributed by atoms with Crippen LogP contribution in [0.15, 0.2) is 12.2 Å². The molecule has 0 aliphatic heterocycles. The number of carbonyl (C=O) groups is 1. The van der Waals surface area contributed by atoms with Crippen LogP contribution in [0.1, 0.15) is 367 Å². The van der Waals surface area contributed by atoms with E-state index in [-0.39, 0.29) is 12.5 Å². The van der Waals surface area contributed by atoms with Gasteiger partial charge in [-0.3, -0.25) is 4.79 Å². The molecule has 2 unspecified atom stereocenters. The first kappa shape index (κ1) is 66.1. The number of unbranched alkanes of at least 4 members (excludes halogenated alkanes) is 52. The van der Waals surface area contributed by atoms with E-state index in [0.717, 1.165) is 25.7 Å². The molecule has 0 aliphatic rings. The maximum atomic E-state index is 12.5. The SMILES string of the molecule is CCCCCCCCCCCCCCCCCCCCCCCCCCCCCCCC/C=C/C(O)C(CO)NC(=O)CCCCCCCCCCCCCCCCCCCCCCCCC. The fraction of sp³-hybridized carbons (Fsp3) is 0.952. The Balaban J connectivity index is 3.41. The van der Waals surface area contributed by atoms with Crippen LogP contribution in [0.2, 0.25) is 0 Å². The van der Waals surface area contributed by atoms with Crippen molar-refractivity contribution in [2.45, 2.75) is 379 Å². The maximum absolute atomic E-state index is 12.5. The minimum absolute atomic E-state index is 0.0546. The normalized spacial score (nSPS) is 12.7. The summed E-state index contributed by atoms with van der Waals surface area (Å²) in [5.41, 5.74) is 0. The second kappa shape index (κ2) is 59.4. The quantitative estimate of drug-likeness (QED) is 0.0420. The zero-order valence-corrected chi connectivity index (χ0v) is 46.2. The standard InChI is InChI=1S/C63H125NO3/c1-3-5-7-9-11-13-15-17-19-21-23-25-27-28-29-30-31-32-33-34-35-37-38-40-42-44-46-48-50-52-54-56-58-62(66)61(60-65)64-63(67)59-57-55-53-51-49-47-45-43-41-39-36-26-24-22-20-18-16-14-12-10-8-6-4-2/h56,58,61-62,65-66H,3-55,57,59-60H2,1-2H3,(H,64,67)/b58-56+. The lowest BCUT2D eigenvalue weighted by Gasteiger charge is -2.20. The summed E-state index contributed by atoms with van der Waals surface area (Å²) in [7, 11) is 0. The van der Waals surface area contributed by atoms with E-state index in [2.05, 4.69) is 19.2 Å². The highest BCUT2D eigenvalue weighted by Crippen LogP contribution is 2.19. The highest BCUT2D eigenvalue weighted by atomic mass is 16.3. The molecule has 4 nitrogen and oxygen atoms in total. The molecule has 67 heavy (non-hydrogen) atoms. The molecule has 0 radical (unpaired) electrons. The van der Waals surface area contributed by atoms with E-state index in [1.807, 2.05) is 6.08 Å². The zero-order valence-electron chi connectivity index (χ0n) is 46.2. The molecule has 1 amide bonds. The van der Waals surface area contributed by atoms with E-state index < -0.39 is 12.1 Å². The van der Waals surface area contributed by atoms with Gasteiger partial charge in [0.1, 0.15) is 0 Å². The molecule has 0 fully saturated rings. The van der Waals surface area contributed by atoms with Crippen LogP contribution >= 0.6 is 0 Å². The molecule has 0 saturated heterocycles. The van der Waals surface area contributed by atoms with Crippen molar-refractivity contribution in [3.05, 3.63) is 12.2 Å². The topological polar surface area (TPSA) is 69.6 Å². The lowest BCUT2D eigenvalue weighted by Crippen LogP contribution is -2.45. The van der Waals surface area contributed by atoms with Crippen LogP contribution in [0.3, 0.4) is 0 Å². The van der Waals surface area contributed by atoms with Crippen LogP contribution in [-0.4, -0.2) is 34.9 Å². The summed E-state index contributed by atoms with van der Waals surface area (Å²) in [6.07, 6.45) is 78.4. The monoisotopic (exact) mass is 944 g/mol. The molecule has 3 N–H and O–H groups in total. The van der Waals surface area contributed by atoms with Gasteiger partial charge in [-0.25, -0.2) is 0 Å². The van der Waals surface area contributed by atoms with E-state index >= 15 is 0 Å². The Bertz CT molecular complexity index is 936. The summed E-state index contributed by atoms with van der Waals surface area (Å²) >= 11 is 0. The summed E-state index contributed by atoms with van der Waals surface area (Å²) in [5.74, 6) is -0.0546. The molecule has 0 saturated carbocycles. The van der Waals surface area contributed by atoms with Gasteiger partial charge in [-0.15, -0.1) is 0 Å². The van der Waals surface area contributed by atoms with E-state index in [1.54, 1.807) is 6.08 Å². The minimum Gasteiger partial charge on any atom is -0.394 e. The van der Waals surface area contributed by atoms with Crippen LogP contribution in [0, 0.1) is 0 Å². The second-order valence-corrected chi connectivity index (χ2v) is 21.8. The third kappa shape index (κ3) is 55.9. The van der Waals surface area contributed by atoms with Gasteiger partial charge in [-0.2, -0.15) is 0 Å². The molecular weight excluding hydrogens is 819 g/mol. The van der Waals surface area contributed by atoms with Gasteiger partial charge < -0.3 is 15.5 Å². The molecule has 0 aromatic carbocycles. The average Bonchev–Trinajstić information content (AvgIpc) is 3.33. The van der Waals surface area contributed by atoms with Gasteiger partial charge in [0, 0.05) is 6.42 Å². The van der Waals surface area contributed by atoms with Crippen molar-refractivity contribution >= 4 is 5.91 Å². The summed E-state index contributed by atoms with van der Waals surface area (Å²) in [5, 5.41) is 23.2. The molecular formula is C63H125NO3. The van der Waals surface area contributed by atoms with Crippen molar-refractivity contribution in [1.29, 1.82) is 0 Å². The number of nitrogens with one attached hydrogen (secondary N) is 1. The first-order valence-electron chi connectivity index (χ1n) is 31.4. The molecule has 0 aromatic rings.